The van der Waals surface area contributed by atoms with Crippen molar-refractivity contribution in [2.45, 2.75) is 39.5 Å². The number of rotatable bonds is 3. The maximum Gasteiger partial charge on any atom is -0.0166 e. The van der Waals surface area contributed by atoms with Crippen LogP contribution in [0.2, 0.25) is 0 Å². The number of hydrogen-bond donors (Lipinski definition) is 0. The molecule has 0 aromatic rings. The largest absolute Gasteiger partial charge is 0.0879 e. The molecule has 1 aliphatic carbocycles. The molecule has 0 heterocycles. The zero-order valence-corrected chi connectivity index (χ0v) is 7.06. The zero-order chi connectivity index (χ0) is 7.40. The summed E-state index contributed by atoms with van der Waals surface area (Å²) in [5.74, 6) is 2.60. The first kappa shape index (κ1) is 7.84. The Bertz CT molecular complexity index is 103. The van der Waals surface area contributed by atoms with Gasteiger partial charge >= 0.3 is 0 Å². The van der Waals surface area contributed by atoms with Crippen LogP contribution in [0.4, 0.5) is 0 Å². The second-order valence-electron chi connectivity index (χ2n) is 3.56. The summed E-state index contributed by atoms with van der Waals surface area (Å²) in [7, 11) is 0. The van der Waals surface area contributed by atoms with Crippen molar-refractivity contribution in [3.05, 3.63) is 18.1 Å². The molecule has 0 aliphatic heterocycles. The lowest BCUT2D eigenvalue weighted by Gasteiger charge is -2.09. The zero-order valence-electron chi connectivity index (χ0n) is 7.06. The van der Waals surface area contributed by atoms with Crippen LogP contribution >= 0.6 is 0 Å². The SMILES string of the molecule is CC(C)CC[C]1CC=CC1. The average Bonchev–Trinajstić information content (AvgIpc) is 2.34. The minimum absolute atomic E-state index is 0.869. The van der Waals surface area contributed by atoms with Crippen molar-refractivity contribution in [2.75, 3.05) is 0 Å². The predicted octanol–water partition coefficient (Wildman–Crippen LogP) is 3.35. The maximum atomic E-state index is 2.29. The van der Waals surface area contributed by atoms with E-state index in [1.807, 2.05) is 0 Å². The Morgan fingerprint density at radius 1 is 1.30 bits per heavy atom. The van der Waals surface area contributed by atoms with Crippen molar-refractivity contribution >= 4 is 0 Å². The van der Waals surface area contributed by atoms with Crippen molar-refractivity contribution in [2.24, 2.45) is 5.92 Å². The fourth-order valence-corrected chi connectivity index (χ4v) is 1.28. The van der Waals surface area contributed by atoms with Gasteiger partial charge in [-0.3, -0.25) is 0 Å². The highest BCUT2D eigenvalue weighted by Crippen LogP contribution is 2.26. The summed E-state index contributed by atoms with van der Waals surface area (Å²) in [5, 5.41) is 0. The van der Waals surface area contributed by atoms with E-state index < -0.39 is 0 Å². The molecule has 1 rings (SSSR count). The van der Waals surface area contributed by atoms with E-state index in [9.17, 15) is 0 Å². The van der Waals surface area contributed by atoms with Gasteiger partial charge in [-0.1, -0.05) is 32.4 Å². The highest BCUT2D eigenvalue weighted by Gasteiger charge is 2.10. The molecule has 0 saturated carbocycles. The van der Waals surface area contributed by atoms with Crippen LogP contribution in [0.1, 0.15) is 39.5 Å². The molecule has 0 atom stereocenters. The summed E-state index contributed by atoms with van der Waals surface area (Å²) in [6.45, 7) is 4.59. The normalized spacial score (nSPS) is 19.1. The second-order valence-corrected chi connectivity index (χ2v) is 3.56. The molecule has 1 aliphatic rings. The Kier molecular flexibility index (Phi) is 2.98. The van der Waals surface area contributed by atoms with Gasteiger partial charge < -0.3 is 0 Å². The molecule has 0 heteroatoms. The van der Waals surface area contributed by atoms with Gasteiger partial charge in [0, 0.05) is 0 Å². The lowest BCUT2D eigenvalue weighted by Crippen LogP contribution is -1.94. The molecule has 0 unspecified atom stereocenters. The third-order valence-corrected chi connectivity index (χ3v) is 2.05. The summed E-state index contributed by atoms with van der Waals surface area (Å²) in [5.41, 5.74) is 0. The molecule has 0 nitrogen and oxygen atoms in total. The number of hydrogen-bond acceptors (Lipinski definition) is 0. The van der Waals surface area contributed by atoms with Gasteiger partial charge in [0.25, 0.3) is 0 Å². The average molecular weight is 137 g/mol. The minimum atomic E-state index is 0.869. The van der Waals surface area contributed by atoms with Crippen LogP contribution in [0, 0.1) is 11.8 Å². The van der Waals surface area contributed by atoms with Gasteiger partial charge in [-0.15, -0.1) is 0 Å². The first-order valence-electron chi connectivity index (χ1n) is 4.27. The van der Waals surface area contributed by atoms with E-state index in [1.165, 1.54) is 25.7 Å². The van der Waals surface area contributed by atoms with Gasteiger partial charge in [-0.2, -0.15) is 0 Å². The van der Waals surface area contributed by atoms with Gasteiger partial charge in [0.2, 0.25) is 0 Å². The Morgan fingerprint density at radius 3 is 2.40 bits per heavy atom. The van der Waals surface area contributed by atoms with E-state index in [-0.39, 0.29) is 0 Å². The summed E-state index contributed by atoms with van der Waals surface area (Å²) in [4.78, 5) is 0. The lowest BCUT2D eigenvalue weighted by atomic mass is 9.96. The molecular weight excluding hydrogens is 120 g/mol. The first-order chi connectivity index (χ1) is 4.79. The Balaban J connectivity index is 2.03. The molecule has 57 valence electrons. The van der Waals surface area contributed by atoms with Crippen LogP contribution in [-0.4, -0.2) is 0 Å². The predicted molar refractivity (Wildman–Crippen MR) is 45.7 cm³/mol. The van der Waals surface area contributed by atoms with Crippen LogP contribution in [0.25, 0.3) is 0 Å². The highest BCUT2D eigenvalue weighted by atomic mass is 14.1. The summed E-state index contributed by atoms with van der Waals surface area (Å²) in [6.07, 6.45) is 9.81. The molecule has 0 fully saturated rings. The summed E-state index contributed by atoms with van der Waals surface area (Å²) < 4.78 is 0. The molecule has 0 spiro atoms. The van der Waals surface area contributed by atoms with Crippen molar-refractivity contribution in [1.82, 2.24) is 0 Å². The Labute approximate surface area is 64.3 Å². The van der Waals surface area contributed by atoms with E-state index in [1.54, 1.807) is 5.92 Å². The van der Waals surface area contributed by atoms with E-state index in [0.717, 1.165) is 5.92 Å². The highest BCUT2D eigenvalue weighted by molar-refractivity contribution is 5.10. The van der Waals surface area contributed by atoms with Crippen molar-refractivity contribution in [3.8, 4) is 0 Å². The fraction of sp³-hybridized carbons (Fsp3) is 0.700. The molecule has 1 radical (unpaired) electrons. The van der Waals surface area contributed by atoms with Crippen LogP contribution in [-0.2, 0) is 0 Å². The summed E-state index contributed by atoms with van der Waals surface area (Å²) >= 11 is 0. The van der Waals surface area contributed by atoms with Crippen LogP contribution in [0.3, 0.4) is 0 Å². The van der Waals surface area contributed by atoms with E-state index >= 15 is 0 Å². The van der Waals surface area contributed by atoms with Crippen molar-refractivity contribution < 1.29 is 0 Å². The molecule has 0 bridgehead atoms. The van der Waals surface area contributed by atoms with Gasteiger partial charge in [-0.25, -0.2) is 0 Å². The molecule has 0 aromatic carbocycles. The molecule has 10 heavy (non-hydrogen) atoms. The topological polar surface area (TPSA) is 0 Å². The van der Waals surface area contributed by atoms with Gasteiger partial charge in [0.1, 0.15) is 0 Å². The fourth-order valence-electron chi connectivity index (χ4n) is 1.28. The monoisotopic (exact) mass is 137 g/mol. The van der Waals surface area contributed by atoms with Crippen molar-refractivity contribution in [3.63, 3.8) is 0 Å². The smallest absolute Gasteiger partial charge is 0.0166 e. The third-order valence-electron chi connectivity index (χ3n) is 2.05. The quantitative estimate of drug-likeness (QED) is 0.523. The van der Waals surface area contributed by atoms with Gasteiger partial charge in [-0.05, 0) is 31.1 Å². The molecule has 0 aromatic heterocycles. The lowest BCUT2D eigenvalue weighted by molar-refractivity contribution is 0.554. The Morgan fingerprint density at radius 2 is 1.90 bits per heavy atom. The summed E-state index contributed by atoms with van der Waals surface area (Å²) in [6, 6.07) is 0. The van der Waals surface area contributed by atoms with Gasteiger partial charge in [0.15, 0.2) is 0 Å². The second kappa shape index (κ2) is 3.80. The van der Waals surface area contributed by atoms with Gasteiger partial charge in [0.05, 0.1) is 0 Å². The maximum absolute atomic E-state index is 2.29. The minimum Gasteiger partial charge on any atom is -0.0879 e. The van der Waals surface area contributed by atoms with Crippen LogP contribution < -0.4 is 0 Å². The Hall–Kier alpha value is -0.260. The molecule has 0 saturated heterocycles. The van der Waals surface area contributed by atoms with E-state index in [2.05, 4.69) is 26.0 Å². The molecular formula is C10H17. The van der Waals surface area contributed by atoms with Crippen LogP contribution in [0.5, 0.6) is 0 Å². The third kappa shape index (κ3) is 2.55. The van der Waals surface area contributed by atoms with Crippen molar-refractivity contribution in [1.29, 1.82) is 0 Å². The first-order valence-corrected chi connectivity index (χ1v) is 4.27. The van der Waals surface area contributed by atoms with E-state index in [4.69, 9.17) is 0 Å². The number of allylic oxidation sites excluding steroid dienone is 2. The molecule has 0 N–H and O–H groups in total. The van der Waals surface area contributed by atoms with E-state index in [0.29, 0.717) is 0 Å². The van der Waals surface area contributed by atoms with Crippen LogP contribution in [0.15, 0.2) is 12.2 Å². The standard InChI is InChI=1S/C10H17/c1-9(2)7-8-10-5-3-4-6-10/h3-4,9H,5-8H2,1-2H3. The molecule has 0 amide bonds.